The van der Waals surface area contributed by atoms with E-state index in [2.05, 4.69) is 10.3 Å². The highest BCUT2D eigenvalue weighted by Gasteiger charge is 2.41. The largest absolute Gasteiger partial charge is 0.394 e. The van der Waals surface area contributed by atoms with Crippen LogP contribution in [-0.2, 0) is 11.2 Å². The maximum Gasteiger partial charge on any atom is 0.224 e. The SMILES string of the molecule is O=C(CCc1cn2c(n1)[C@H](O)[C@@H](O)[C@H](O)[C@H]2CO)Nc1ccccc1. The van der Waals surface area contributed by atoms with Crippen LogP contribution in [0.5, 0.6) is 0 Å². The molecule has 0 bridgehead atoms. The molecule has 2 aromatic rings. The lowest BCUT2D eigenvalue weighted by atomic mass is 9.96. The number of hydrogen-bond donors (Lipinski definition) is 5. The van der Waals surface area contributed by atoms with Gasteiger partial charge in [0.05, 0.1) is 18.3 Å². The van der Waals surface area contributed by atoms with Crippen LogP contribution in [0.2, 0.25) is 0 Å². The number of aryl methyl sites for hydroxylation is 1. The Bertz CT molecular complexity index is 733. The first-order chi connectivity index (χ1) is 12.0. The fourth-order valence-corrected chi connectivity index (χ4v) is 2.98. The number of para-hydroxylation sites is 1. The fourth-order valence-electron chi connectivity index (χ4n) is 2.98. The van der Waals surface area contributed by atoms with Gasteiger partial charge in [0.2, 0.25) is 5.91 Å². The van der Waals surface area contributed by atoms with Gasteiger partial charge in [0, 0.05) is 18.3 Å². The van der Waals surface area contributed by atoms with Crippen molar-refractivity contribution < 1.29 is 25.2 Å². The highest BCUT2D eigenvalue weighted by Crippen LogP contribution is 2.32. The number of aliphatic hydroxyl groups excluding tert-OH is 4. The average Bonchev–Trinajstić information content (AvgIpc) is 3.04. The third kappa shape index (κ3) is 3.57. The number of carbonyl (C=O) groups excluding carboxylic acids is 1. The van der Waals surface area contributed by atoms with E-state index < -0.39 is 31.0 Å². The summed E-state index contributed by atoms with van der Waals surface area (Å²) < 4.78 is 1.46. The van der Waals surface area contributed by atoms with E-state index in [1.807, 2.05) is 18.2 Å². The zero-order valence-electron chi connectivity index (χ0n) is 13.5. The summed E-state index contributed by atoms with van der Waals surface area (Å²) >= 11 is 0. The molecule has 8 heteroatoms. The van der Waals surface area contributed by atoms with Crippen LogP contribution in [0.4, 0.5) is 5.69 Å². The first-order valence-corrected chi connectivity index (χ1v) is 8.09. The van der Waals surface area contributed by atoms with Crippen LogP contribution < -0.4 is 5.32 Å². The Morgan fingerprint density at radius 2 is 1.88 bits per heavy atom. The highest BCUT2D eigenvalue weighted by molar-refractivity contribution is 5.90. The summed E-state index contributed by atoms with van der Waals surface area (Å²) in [7, 11) is 0. The lowest BCUT2D eigenvalue weighted by molar-refractivity contribution is -0.116. The van der Waals surface area contributed by atoms with Crippen LogP contribution in [0, 0.1) is 0 Å². The number of nitrogens with one attached hydrogen (secondary N) is 1. The number of rotatable bonds is 5. The highest BCUT2D eigenvalue weighted by atomic mass is 16.4. The van der Waals surface area contributed by atoms with E-state index in [0.29, 0.717) is 17.8 Å². The van der Waals surface area contributed by atoms with Crippen molar-refractivity contribution in [3.8, 4) is 0 Å². The summed E-state index contributed by atoms with van der Waals surface area (Å²) in [6, 6.07) is 8.30. The molecule has 0 unspecified atom stereocenters. The molecule has 3 rings (SSSR count). The smallest absolute Gasteiger partial charge is 0.224 e. The summed E-state index contributed by atoms with van der Waals surface area (Å²) in [5.41, 5.74) is 1.25. The van der Waals surface area contributed by atoms with Crippen LogP contribution in [0.15, 0.2) is 36.5 Å². The zero-order chi connectivity index (χ0) is 18.0. The van der Waals surface area contributed by atoms with Crippen molar-refractivity contribution >= 4 is 11.6 Å². The van der Waals surface area contributed by atoms with E-state index in [1.165, 1.54) is 4.57 Å². The maximum atomic E-state index is 12.0. The molecule has 0 saturated heterocycles. The van der Waals surface area contributed by atoms with Crippen molar-refractivity contribution in [1.82, 2.24) is 9.55 Å². The van der Waals surface area contributed by atoms with E-state index >= 15 is 0 Å². The van der Waals surface area contributed by atoms with Crippen molar-refractivity contribution in [1.29, 1.82) is 0 Å². The number of hydrogen-bond acceptors (Lipinski definition) is 6. The van der Waals surface area contributed by atoms with Gasteiger partial charge in [0.25, 0.3) is 0 Å². The molecular formula is C17H21N3O5. The van der Waals surface area contributed by atoms with E-state index in [1.54, 1.807) is 18.3 Å². The summed E-state index contributed by atoms with van der Waals surface area (Å²) in [6.07, 6.45) is -1.95. The van der Waals surface area contributed by atoms with Gasteiger partial charge in [-0.05, 0) is 18.6 Å². The molecule has 2 heterocycles. The first kappa shape index (κ1) is 17.6. The van der Waals surface area contributed by atoms with Crippen molar-refractivity contribution in [3.63, 3.8) is 0 Å². The molecule has 5 N–H and O–H groups in total. The molecule has 1 aromatic heterocycles. The van der Waals surface area contributed by atoms with Gasteiger partial charge < -0.3 is 30.3 Å². The van der Waals surface area contributed by atoms with Gasteiger partial charge in [-0.3, -0.25) is 4.79 Å². The first-order valence-electron chi connectivity index (χ1n) is 8.09. The summed E-state index contributed by atoms with van der Waals surface area (Å²) in [5.74, 6) is 0.00631. The van der Waals surface area contributed by atoms with E-state index in [0.717, 1.165) is 0 Å². The van der Waals surface area contributed by atoms with Crippen molar-refractivity contribution in [2.24, 2.45) is 0 Å². The van der Waals surface area contributed by atoms with Crippen molar-refractivity contribution in [2.45, 2.75) is 37.2 Å². The summed E-state index contributed by atoms with van der Waals surface area (Å²) in [5, 5.41) is 42.1. The third-order valence-corrected chi connectivity index (χ3v) is 4.35. The van der Waals surface area contributed by atoms with Gasteiger partial charge in [-0.1, -0.05) is 18.2 Å². The second-order valence-electron chi connectivity index (χ2n) is 6.09. The molecule has 0 radical (unpaired) electrons. The second kappa shape index (κ2) is 7.32. The number of fused-ring (bicyclic) bond motifs is 1. The van der Waals surface area contributed by atoms with E-state index in [9.17, 15) is 25.2 Å². The number of nitrogens with zero attached hydrogens (tertiary/aromatic N) is 2. The number of anilines is 1. The number of amides is 1. The lowest BCUT2D eigenvalue weighted by Crippen LogP contribution is -2.46. The monoisotopic (exact) mass is 347 g/mol. The van der Waals surface area contributed by atoms with Crippen LogP contribution in [0.3, 0.4) is 0 Å². The molecule has 134 valence electrons. The van der Waals surface area contributed by atoms with Gasteiger partial charge in [0.15, 0.2) is 0 Å². The van der Waals surface area contributed by atoms with Crippen LogP contribution >= 0.6 is 0 Å². The Morgan fingerprint density at radius 3 is 2.56 bits per heavy atom. The normalized spacial score (nSPS) is 25.4. The van der Waals surface area contributed by atoms with Gasteiger partial charge in [-0.25, -0.2) is 4.98 Å². The topological polar surface area (TPSA) is 128 Å². The van der Waals surface area contributed by atoms with Crippen LogP contribution in [-0.4, -0.2) is 54.7 Å². The number of carbonyl (C=O) groups is 1. The quantitative estimate of drug-likeness (QED) is 0.508. The van der Waals surface area contributed by atoms with E-state index in [-0.39, 0.29) is 18.2 Å². The predicted molar refractivity (Wildman–Crippen MR) is 88.7 cm³/mol. The molecule has 0 saturated carbocycles. The fraction of sp³-hybridized carbons (Fsp3) is 0.412. The molecule has 1 aliphatic rings. The molecule has 0 fully saturated rings. The summed E-state index contributed by atoms with van der Waals surface area (Å²) in [6.45, 7) is -0.401. The van der Waals surface area contributed by atoms with Crippen LogP contribution in [0.1, 0.15) is 30.1 Å². The standard InChI is InChI=1S/C17H21N3O5/c21-9-12-14(23)15(24)16(25)17-19-11(8-20(12)17)6-7-13(22)18-10-4-2-1-3-5-10/h1-5,8,12,14-16,21,23-25H,6-7,9H2,(H,18,22)/t12-,14-,15+,16-/m1/s1. The van der Waals surface area contributed by atoms with Gasteiger partial charge in [-0.2, -0.15) is 0 Å². The minimum Gasteiger partial charge on any atom is -0.394 e. The van der Waals surface area contributed by atoms with Gasteiger partial charge >= 0.3 is 0 Å². The minimum atomic E-state index is -1.42. The number of imidazole rings is 1. The minimum absolute atomic E-state index is 0.170. The Kier molecular flexibility index (Phi) is 5.14. The molecule has 25 heavy (non-hydrogen) atoms. The molecule has 0 aliphatic carbocycles. The summed E-state index contributed by atoms with van der Waals surface area (Å²) in [4.78, 5) is 16.2. The molecule has 0 spiro atoms. The van der Waals surface area contributed by atoms with E-state index in [4.69, 9.17) is 0 Å². The zero-order valence-corrected chi connectivity index (χ0v) is 13.5. The maximum absolute atomic E-state index is 12.0. The molecule has 8 nitrogen and oxygen atoms in total. The average molecular weight is 347 g/mol. The second-order valence-corrected chi connectivity index (χ2v) is 6.09. The lowest BCUT2D eigenvalue weighted by Gasteiger charge is -2.35. The Balaban J connectivity index is 1.68. The van der Waals surface area contributed by atoms with Gasteiger partial charge in [0.1, 0.15) is 24.1 Å². The van der Waals surface area contributed by atoms with Crippen molar-refractivity contribution in [3.05, 3.63) is 48.0 Å². The van der Waals surface area contributed by atoms with Crippen LogP contribution in [0.25, 0.3) is 0 Å². The van der Waals surface area contributed by atoms with Gasteiger partial charge in [-0.15, -0.1) is 0 Å². The Hall–Kier alpha value is -2.26. The number of aliphatic hydroxyl groups is 4. The molecule has 1 aliphatic heterocycles. The predicted octanol–water partition coefficient (Wildman–Crippen LogP) is -0.243. The van der Waals surface area contributed by atoms with Crippen molar-refractivity contribution in [2.75, 3.05) is 11.9 Å². The molecule has 4 atom stereocenters. The number of aromatic nitrogens is 2. The number of benzene rings is 1. The third-order valence-electron chi connectivity index (χ3n) is 4.35. The molecule has 1 aromatic carbocycles. The molecule has 1 amide bonds. The molecular weight excluding hydrogens is 326 g/mol. The Morgan fingerprint density at radius 1 is 1.16 bits per heavy atom. The Labute approximate surface area is 144 Å².